The van der Waals surface area contributed by atoms with Gasteiger partial charge in [-0.3, -0.25) is 4.99 Å². The quantitative estimate of drug-likeness (QED) is 0.268. The average molecular weight is 437 g/mol. The first-order chi connectivity index (χ1) is 14.4. The molecule has 9 heteroatoms. The fourth-order valence-corrected chi connectivity index (χ4v) is 4.07. The van der Waals surface area contributed by atoms with E-state index in [0.717, 1.165) is 29.9 Å². The van der Waals surface area contributed by atoms with E-state index >= 15 is 0 Å². The van der Waals surface area contributed by atoms with Crippen molar-refractivity contribution < 1.29 is 17.6 Å². The molecule has 0 aliphatic heterocycles. The molecule has 0 aliphatic rings. The Bertz CT molecular complexity index is 896. The number of hydrogen-bond acceptors (Lipinski definition) is 5. The Balaban J connectivity index is 1.71. The highest BCUT2D eigenvalue weighted by Crippen LogP contribution is 2.16. The highest BCUT2D eigenvalue weighted by atomic mass is 32.2. The lowest BCUT2D eigenvalue weighted by Gasteiger charge is -2.13. The maximum Gasteiger partial charge on any atom is 0.240 e. The van der Waals surface area contributed by atoms with Gasteiger partial charge < -0.3 is 19.8 Å². The smallest absolute Gasteiger partial charge is 0.240 e. The number of nitrogens with one attached hydrogen (secondary N) is 3. The van der Waals surface area contributed by atoms with Crippen molar-refractivity contribution >= 4 is 16.0 Å². The van der Waals surface area contributed by atoms with Gasteiger partial charge in [0.05, 0.1) is 11.2 Å². The lowest BCUT2D eigenvalue weighted by molar-refractivity contribution is 0.105. The van der Waals surface area contributed by atoms with Crippen LogP contribution in [-0.4, -0.2) is 47.2 Å². The summed E-state index contributed by atoms with van der Waals surface area (Å²) in [5.41, 5.74) is 1.64. The Hall–Kier alpha value is -2.36. The van der Waals surface area contributed by atoms with Gasteiger partial charge >= 0.3 is 0 Å². The monoisotopic (exact) mass is 436 g/mol. The lowest BCUT2D eigenvalue weighted by atomic mass is 10.2. The summed E-state index contributed by atoms with van der Waals surface area (Å²) >= 11 is 0. The number of hydrogen-bond donors (Lipinski definition) is 3. The van der Waals surface area contributed by atoms with Crippen LogP contribution in [0.25, 0.3) is 0 Å². The number of sulfonamides is 1. The number of benzene rings is 1. The third kappa shape index (κ3) is 8.17. The number of aryl methyl sites for hydroxylation is 2. The maximum atomic E-state index is 12.5. The number of furan rings is 1. The zero-order valence-corrected chi connectivity index (χ0v) is 18.7. The standard InChI is InChI=1S/C21H32N4O4S/c1-4-22-21(23-10-6-13-28-16-19-7-5-14-29-19)24-11-12-25-30(26,27)20-15-17(2)8-9-18(20)3/h5,7-9,14-15,25H,4,6,10-13,16H2,1-3H3,(H2,22,23,24). The molecule has 0 bridgehead atoms. The number of ether oxygens (including phenoxy) is 1. The summed E-state index contributed by atoms with van der Waals surface area (Å²) in [7, 11) is -3.54. The van der Waals surface area contributed by atoms with Gasteiger partial charge in [0.25, 0.3) is 0 Å². The van der Waals surface area contributed by atoms with Crippen molar-refractivity contribution in [3.8, 4) is 0 Å². The highest BCUT2D eigenvalue weighted by Gasteiger charge is 2.16. The van der Waals surface area contributed by atoms with E-state index in [0.29, 0.717) is 37.2 Å². The van der Waals surface area contributed by atoms with E-state index in [9.17, 15) is 8.42 Å². The molecule has 0 atom stereocenters. The third-order valence-electron chi connectivity index (χ3n) is 4.23. The van der Waals surface area contributed by atoms with Crippen molar-refractivity contribution in [3.63, 3.8) is 0 Å². The normalized spacial score (nSPS) is 12.2. The van der Waals surface area contributed by atoms with Crippen LogP contribution in [-0.2, 0) is 21.4 Å². The van der Waals surface area contributed by atoms with Gasteiger partial charge in [0, 0.05) is 32.8 Å². The topological polar surface area (TPSA) is 105 Å². The van der Waals surface area contributed by atoms with Crippen molar-refractivity contribution in [2.45, 2.75) is 38.7 Å². The van der Waals surface area contributed by atoms with Gasteiger partial charge in [0.2, 0.25) is 10.0 Å². The summed E-state index contributed by atoms with van der Waals surface area (Å²) < 4.78 is 38.4. The third-order valence-corrected chi connectivity index (χ3v) is 5.83. The molecule has 0 saturated carbocycles. The fraction of sp³-hybridized carbons (Fsp3) is 0.476. The summed E-state index contributed by atoms with van der Waals surface area (Å²) in [6.45, 7) is 8.68. The SMILES string of the molecule is CCNC(=NCCCOCc1ccco1)NCCNS(=O)(=O)c1cc(C)ccc1C. The van der Waals surface area contributed by atoms with Crippen LogP contribution in [0, 0.1) is 13.8 Å². The van der Waals surface area contributed by atoms with Crippen molar-refractivity contribution in [2.75, 3.05) is 32.8 Å². The second-order valence-corrected chi connectivity index (χ2v) is 8.58. The molecule has 2 rings (SSSR count). The largest absolute Gasteiger partial charge is 0.467 e. The van der Waals surface area contributed by atoms with Gasteiger partial charge in [-0.1, -0.05) is 12.1 Å². The van der Waals surface area contributed by atoms with Crippen LogP contribution in [0.2, 0.25) is 0 Å². The second-order valence-electron chi connectivity index (χ2n) is 6.84. The molecule has 0 spiro atoms. The first-order valence-electron chi connectivity index (χ1n) is 10.1. The number of rotatable bonds is 12. The molecule has 0 saturated heterocycles. The number of nitrogens with zero attached hydrogens (tertiary/aromatic N) is 1. The molecule has 0 amide bonds. The minimum absolute atomic E-state index is 0.256. The van der Waals surface area contributed by atoms with E-state index in [1.54, 1.807) is 19.3 Å². The highest BCUT2D eigenvalue weighted by molar-refractivity contribution is 7.89. The molecule has 30 heavy (non-hydrogen) atoms. The average Bonchev–Trinajstić information content (AvgIpc) is 3.23. The van der Waals surface area contributed by atoms with Crippen molar-refractivity contribution in [1.82, 2.24) is 15.4 Å². The first-order valence-corrected chi connectivity index (χ1v) is 11.6. The van der Waals surface area contributed by atoms with Crippen molar-refractivity contribution in [2.24, 2.45) is 4.99 Å². The van der Waals surface area contributed by atoms with E-state index in [1.165, 1.54) is 0 Å². The van der Waals surface area contributed by atoms with Gasteiger partial charge in [0.1, 0.15) is 12.4 Å². The summed E-state index contributed by atoms with van der Waals surface area (Å²) in [5, 5.41) is 6.29. The van der Waals surface area contributed by atoms with Gasteiger partial charge in [0.15, 0.2) is 5.96 Å². The number of aliphatic imine (C=N–C) groups is 1. The van der Waals surface area contributed by atoms with E-state index in [-0.39, 0.29) is 6.54 Å². The molecule has 166 valence electrons. The van der Waals surface area contributed by atoms with Crippen LogP contribution in [0.3, 0.4) is 0 Å². The molecule has 1 heterocycles. The molecule has 0 radical (unpaired) electrons. The Morgan fingerprint density at radius 2 is 2.00 bits per heavy atom. The van der Waals surface area contributed by atoms with Crippen LogP contribution >= 0.6 is 0 Å². The van der Waals surface area contributed by atoms with E-state index in [2.05, 4.69) is 20.3 Å². The zero-order chi connectivity index (χ0) is 21.8. The Morgan fingerprint density at radius 1 is 1.17 bits per heavy atom. The lowest BCUT2D eigenvalue weighted by Crippen LogP contribution is -2.41. The van der Waals surface area contributed by atoms with Crippen LogP contribution in [0.5, 0.6) is 0 Å². The molecule has 8 nitrogen and oxygen atoms in total. The van der Waals surface area contributed by atoms with E-state index < -0.39 is 10.0 Å². The molecule has 2 aromatic rings. The van der Waals surface area contributed by atoms with Crippen LogP contribution in [0.1, 0.15) is 30.2 Å². The minimum Gasteiger partial charge on any atom is -0.467 e. The molecule has 0 unspecified atom stereocenters. The van der Waals surface area contributed by atoms with Crippen LogP contribution in [0.15, 0.2) is 50.9 Å². The molecule has 0 aliphatic carbocycles. The molecule has 1 aromatic carbocycles. The van der Waals surface area contributed by atoms with Crippen molar-refractivity contribution in [3.05, 3.63) is 53.5 Å². The predicted octanol–water partition coefficient (Wildman–Crippen LogP) is 2.34. The maximum absolute atomic E-state index is 12.5. The van der Waals surface area contributed by atoms with Gasteiger partial charge in [-0.15, -0.1) is 0 Å². The summed E-state index contributed by atoms with van der Waals surface area (Å²) in [6, 6.07) is 9.11. The van der Waals surface area contributed by atoms with Gasteiger partial charge in [-0.05, 0) is 56.5 Å². The Labute approximate surface area is 179 Å². The van der Waals surface area contributed by atoms with E-state index in [1.807, 2.05) is 38.1 Å². The molecular formula is C21H32N4O4S. The predicted molar refractivity (Wildman–Crippen MR) is 118 cm³/mol. The Morgan fingerprint density at radius 3 is 2.73 bits per heavy atom. The molecule has 0 fully saturated rings. The first kappa shape index (κ1) is 23.9. The van der Waals surface area contributed by atoms with Crippen molar-refractivity contribution in [1.29, 1.82) is 0 Å². The molecular weight excluding hydrogens is 404 g/mol. The zero-order valence-electron chi connectivity index (χ0n) is 17.9. The summed E-state index contributed by atoms with van der Waals surface area (Å²) in [5.74, 6) is 1.45. The fourth-order valence-electron chi connectivity index (χ4n) is 2.71. The van der Waals surface area contributed by atoms with Gasteiger partial charge in [-0.25, -0.2) is 13.1 Å². The Kier molecular flexibility index (Phi) is 9.85. The van der Waals surface area contributed by atoms with Crippen LogP contribution in [0.4, 0.5) is 0 Å². The minimum atomic E-state index is -3.54. The molecule has 3 N–H and O–H groups in total. The molecule has 1 aromatic heterocycles. The summed E-state index contributed by atoms with van der Waals surface area (Å²) in [6.07, 6.45) is 2.40. The second kappa shape index (κ2) is 12.4. The van der Waals surface area contributed by atoms with Gasteiger partial charge in [-0.2, -0.15) is 0 Å². The van der Waals surface area contributed by atoms with E-state index in [4.69, 9.17) is 9.15 Å². The van der Waals surface area contributed by atoms with Crippen LogP contribution < -0.4 is 15.4 Å². The summed E-state index contributed by atoms with van der Waals surface area (Å²) in [4.78, 5) is 4.80. The number of guanidine groups is 1.